The average Bonchev–Trinajstić information content (AvgIpc) is 2.19. The van der Waals surface area contributed by atoms with Gasteiger partial charge in [0.2, 0.25) is 0 Å². The fourth-order valence-electron chi connectivity index (χ4n) is 0.538. The van der Waals surface area contributed by atoms with Crippen molar-refractivity contribution in [2.24, 2.45) is 0 Å². The first-order valence-electron chi connectivity index (χ1n) is 2.44. The molecule has 0 fully saturated rings. The molecule has 0 aliphatic carbocycles. The van der Waals surface area contributed by atoms with E-state index in [2.05, 4.69) is 29.5 Å². The lowest BCUT2D eigenvalue weighted by Gasteiger charge is -1.80. The highest BCUT2D eigenvalue weighted by Crippen LogP contribution is 2.05. The molecule has 0 saturated heterocycles. The second-order valence-corrected chi connectivity index (χ2v) is 2.34. The summed E-state index contributed by atoms with van der Waals surface area (Å²) >= 11 is 1.71. The van der Waals surface area contributed by atoms with Crippen molar-refractivity contribution >= 4 is 11.3 Å². The van der Waals surface area contributed by atoms with E-state index in [4.69, 9.17) is 0 Å². The van der Waals surface area contributed by atoms with Gasteiger partial charge in [-0.2, -0.15) is 11.3 Å². The molecule has 0 unspecified atom stereocenters. The van der Waals surface area contributed by atoms with Crippen LogP contribution in [0, 0.1) is 6.08 Å². The lowest BCUT2D eigenvalue weighted by atomic mass is 10.2. The summed E-state index contributed by atoms with van der Waals surface area (Å²) in [5, 5.41) is 4.17. The molecule has 0 nitrogen and oxygen atoms in total. The molecule has 8 heavy (non-hydrogen) atoms. The van der Waals surface area contributed by atoms with E-state index in [9.17, 15) is 0 Å². The molecular weight excluding hydrogens is 116 g/mol. The van der Waals surface area contributed by atoms with E-state index in [0.29, 0.717) is 0 Å². The number of thiophene rings is 1. The van der Waals surface area contributed by atoms with Crippen molar-refractivity contribution < 1.29 is 0 Å². The first-order valence-corrected chi connectivity index (χ1v) is 3.39. The van der Waals surface area contributed by atoms with Gasteiger partial charge in [-0.15, -0.1) is 0 Å². The number of hydrogen-bond donors (Lipinski definition) is 0. The van der Waals surface area contributed by atoms with Gasteiger partial charge in [-0.3, -0.25) is 0 Å². The van der Waals surface area contributed by atoms with Crippen molar-refractivity contribution in [2.45, 2.75) is 6.42 Å². The lowest BCUT2D eigenvalue weighted by molar-refractivity contribution is 1.27. The third-order valence-corrected chi connectivity index (χ3v) is 1.64. The summed E-state index contributed by atoms with van der Waals surface area (Å²) in [6.07, 6.45) is 3.71. The van der Waals surface area contributed by atoms with E-state index in [1.165, 1.54) is 5.56 Å². The summed E-state index contributed by atoms with van der Waals surface area (Å²) in [7, 11) is 0. The number of rotatable bonds is 2. The minimum absolute atomic E-state index is 0.878. The summed E-state index contributed by atoms with van der Waals surface area (Å²) in [5.74, 6) is 0. The Hall–Kier alpha value is -0.560. The molecule has 1 rings (SSSR count). The normalized spacial score (nSPS) is 9.00. The van der Waals surface area contributed by atoms with Gasteiger partial charge in [-0.1, -0.05) is 6.58 Å². The second-order valence-electron chi connectivity index (χ2n) is 1.56. The molecule has 0 atom stereocenters. The van der Waals surface area contributed by atoms with Crippen molar-refractivity contribution in [2.75, 3.05) is 0 Å². The third kappa shape index (κ3) is 1.20. The summed E-state index contributed by atoms with van der Waals surface area (Å²) in [5.41, 5.74) is 1.31. The first kappa shape index (κ1) is 5.57. The predicted octanol–water partition coefficient (Wildman–Crippen LogP) is 2.28. The standard InChI is InChI=1S/C7H7S/c1-2-3-7-4-5-8-6-7/h4-6H,1,3H2. The Morgan fingerprint density at radius 3 is 3.12 bits per heavy atom. The molecule has 0 bridgehead atoms. The van der Waals surface area contributed by atoms with Crippen LogP contribution in [0.2, 0.25) is 0 Å². The highest BCUT2D eigenvalue weighted by molar-refractivity contribution is 7.07. The molecular formula is C7H7S. The Bertz CT molecular complexity index is 151. The van der Waals surface area contributed by atoms with Crippen LogP contribution < -0.4 is 0 Å². The second kappa shape index (κ2) is 2.68. The summed E-state index contributed by atoms with van der Waals surface area (Å²) in [6, 6.07) is 2.09. The van der Waals surface area contributed by atoms with Gasteiger partial charge in [0.15, 0.2) is 0 Å². The molecule has 0 spiro atoms. The zero-order valence-electron chi connectivity index (χ0n) is 4.55. The topological polar surface area (TPSA) is 0 Å². The number of hydrogen-bond acceptors (Lipinski definition) is 1. The quantitative estimate of drug-likeness (QED) is 0.566. The zero-order valence-corrected chi connectivity index (χ0v) is 5.37. The maximum absolute atomic E-state index is 3.52. The van der Waals surface area contributed by atoms with Gasteiger partial charge in [0.1, 0.15) is 0 Å². The van der Waals surface area contributed by atoms with Crippen molar-refractivity contribution in [3.05, 3.63) is 35.0 Å². The zero-order chi connectivity index (χ0) is 5.82. The highest BCUT2D eigenvalue weighted by atomic mass is 32.1. The van der Waals surface area contributed by atoms with Crippen molar-refractivity contribution in [1.82, 2.24) is 0 Å². The fraction of sp³-hybridized carbons (Fsp3) is 0.143. The van der Waals surface area contributed by atoms with Crippen molar-refractivity contribution in [3.63, 3.8) is 0 Å². The molecule has 0 N–H and O–H groups in total. The lowest BCUT2D eigenvalue weighted by Crippen LogP contribution is -1.70. The summed E-state index contributed by atoms with van der Waals surface area (Å²) < 4.78 is 0. The largest absolute Gasteiger partial charge is 0.152 e. The molecule has 1 heteroatoms. The Balaban J connectivity index is 2.62. The van der Waals surface area contributed by atoms with Gasteiger partial charge in [0, 0.05) is 0 Å². The molecule has 0 aliphatic rings. The minimum Gasteiger partial charge on any atom is -0.152 e. The van der Waals surface area contributed by atoms with E-state index in [1.807, 2.05) is 0 Å². The van der Waals surface area contributed by atoms with E-state index >= 15 is 0 Å². The minimum atomic E-state index is 0.878. The molecule has 1 aromatic heterocycles. The monoisotopic (exact) mass is 123 g/mol. The van der Waals surface area contributed by atoms with Gasteiger partial charge < -0.3 is 0 Å². The predicted molar refractivity (Wildman–Crippen MR) is 36.9 cm³/mol. The Morgan fingerprint density at radius 1 is 1.75 bits per heavy atom. The van der Waals surface area contributed by atoms with Crippen LogP contribution in [0.25, 0.3) is 0 Å². The Morgan fingerprint density at radius 2 is 2.62 bits per heavy atom. The molecule has 1 radical (unpaired) electrons. The van der Waals surface area contributed by atoms with Gasteiger partial charge >= 0.3 is 0 Å². The van der Waals surface area contributed by atoms with Crippen LogP contribution in [-0.2, 0) is 6.42 Å². The number of allylic oxidation sites excluding steroid dienone is 1. The Kier molecular flexibility index (Phi) is 1.86. The van der Waals surface area contributed by atoms with Crippen LogP contribution in [0.15, 0.2) is 23.4 Å². The Labute approximate surface area is 53.5 Å². The molecule has 0 saturated carbocycles. The van der Waals surface area contributed by atoms with Gasteiger partial charge in [0.25, 0.3) is 0 Å². The molecule has 0 aliphatic heterocycles. The maximum atomic E-state index is 3.52. The SMILES string of the molecule is C=[C]Cc1ccsc1. The van der Waals surface area contributed by atoms with E-state index in [-0.39, 0.29) is 0 Å². The van der Waals surface area contributed by atoms with E-state index in [1.54, 1.807) is 11.3 Å². The van der Waals surface area contributed by atoms with Crippen LogP contribution in [0.4, 0.5) is 0 Å². The maximum Gasteiger partial charge on any atom is -0.00208 e. The van der Waals surface area contributed by atoms with Gasteiger partial charge in [-0.25, -0.2) is 0 Å². The van der Waals surface area contributed by atoms with Crippen molar-refractivity contribution in [3.8, 4) is 0 Å². The molecule has 0 amide bonds. The summed E-state index contributed by atoms with van der Waals surface area (Å²) in [6.45, 7) is 3.52. The average molecular weight is 123 g/mol. The van der Waals surface area contributed by atoms with Gasteiger partial charge in [-0.05, 0) is 34.9 Å². The molecule has 1 aromatic rings. The third-order valence-electron chi connectivity index (χ3n) is 0.909. The van der Waals surface area contributed by atoms with Crippen LogP contribution in [0.3, 0.4) is 0 Å². The van der Waals surface area contributed by atoms with Crippen LogP contribution >= 0.6 is 11.3 Å². The molecule has 41 valence electrons. The van der Waals surface area contributed by atoms with Crippen LogP contribution in [-0.4, -0.2) is 0 Å². The van der Waals surface area contributed by atoms with Crippen LogP contribution in [0.5, 0.6) is 0 Å². The smallest absolute Gasteiger partial charge is 0.00208 e. The summed E-state index contributed by atoms with van der Waals surface area (Å²) in [4.78, 5) is 0. The van der Waals surface area contributed by atoms with Crippen LogP contribution in [0.1, 0.15) is 5.56 Å². The fourth-order valence-corrected chi connectivity index (χ4v) is 1.21. The molecule has 1 heterocycles. The van der Waals surface area contributed by atoms with E-state index in [0.717, 1.165) is 6.42 Å². The first-order chi connectivity index (χ1) is 3.93. The highest BCUT2D eigenvalue weighted by Gasteiger charge is 1.84. The molecule has 0 aromatic carbocycles. The van der Waals surface area contributed by atoms with Gasteiger partial charge in [0.05, 0.1) is 0 Å². The van der Waals surface area contributed by atoms with E-state index < -0.39 is 0 Å². The van der Waals surface area contributed by atoms with Crippen molar-refractivity contribution in [1.29, 1.82) is 0 Å².